The highest BCUT2D eigenvalue weighted by atomic mass is 16.7. The Hall–Kier alpha value is -2.39. The normalized spacial score (nSPS) is 22.4. The van der Waals surface area contributed by atoms with Crippen LogP contribution in [0.5, 0.6) is 0 Å². The van der Waals surface area contributed by atoms with E-state index in [0.717, 1.165) is 11.1 Å². The van der Waals surface area contributed by atoms with Gasteiger partial charge in [0.1, 0.15) is 6.10 Å². The van der Waals surface area contributed by atoms with Gasteiger partial charge in [-0.05, 0) is 5.56 Å². The minimum Gasteiger partial charge on any atom is -0.428 e. The van der Waals surface area contributed by atoms with Crippen LogP contribution in [-0.2, 0) is 14.3 Å². The second-order valence-corrected chi connectivity index (χ2v) is 4.60. The molecule has 0 unspecified atom stereocenters. The first-order valence-electron chi connectivity index (χ1n) is 6.41. The predicted octanol–water partition coefficient (Wildman–Crippen LogP) is 3.56. The summed E-state index contributed by atoms with van der Waals surface area (Å²) in [6, 6.07) is 19.0. The molecular weight excluding hydrogens is 252 g/mol. The van der Waals surface area contributed by atoms with Crippen molar-refractivity contribution >= 4 is 5.97 Å². The van der Waals surface area contributed by atoms with Gasteiger partial charge in [0.15, 0.2) is 0 Å². The number of carbonyl (C=O) groups excluding carboxylic acids is 1. The Kier molecular flexibility index (Phi) is 3.35. The molecule has 1 heterocycles. The third-order valence-electron chi connectivity index (χ3n) is 3.23. The van der Waals surface area contributed by atoms with Crippen LogP contribution >= 0.6 is 0 Å². The largest absolute Gasteiger partial charge is 0.428 e. The van der Waals surface area contributed by atoms with Crippen molar-refractivity contribution in [1.29, 1.82) is 0 Å². The molecule has 1 saturated heterocycles. The number of hydrogen-bond donors (Lipinski definition) is 0. The summed E-state index contributed by atoms with van der Waals surface area (Å²) in [4.78, 5) is 12.0. The average Bonchev–Trinajstić information content (AvgIpc) is 2.51. The molecule has 0 bridgehead atoms. The van der Waals surface area contributed by atoms with Gasteiger partial charge < -0.3 is 9.47 Å². The Morgan fingerprint density at radius 2 is 1.40 bits per heavy atom. The van der Waals surface area contributed by atoms with E-state index in [9.17, 15) is 4.79 Å². The summed E-state index contributed by atoms with van der Waals surface area (Å²) in [6.45, 7) is 3.78. The molecule has 1 aliphatic rings. The molecular formula is C17H14O3. The fourth-order valence-corrected chi connectivity index (χ4v) is 2.18. The van der Waals surface area contributed by atoms with Gasteiger partial charge in [-0.15, -0.1) is 0 Å². The Morgan fingerprint density at radius 1 is 0.850 bits per heavy atom. The van der Waals surface area contributed by atoms with Crippen molar-refractivity contribution in [2.24, 2.45) is 0 Å². The van der Waals surface area contributed by atoms with Gasteiger partial charge in [0.2, 0.25) is 6.29 Å². The number of cyclic esters (lactones) is 1. The summed E-state index contributed by atoms with van der Waals surface area (Å²) in [5.41, 5.74) is 2.03. The monoisotopic (exact) mass is 266 g/mol. The first-order chi connectivity index (χ1) is 9.75. The van der Waals surface area contributed by atoms with Crippen molar-refractivity contribution in [3.05, 3.63) is 83.9 Å². The molecule has 0 aromatic heterocycles. The van der Waals surface area contributed by atoms with Crippen LogP contribution < -0.4 is 0 Å². The molecule has 1 fully saturated rings. The van der Waals surface area contributed by atoms with Crippen molar-refractivity contribution in [2.45, 2.75) is 12.4 Å². The highest BCUT2D eigenvalue weighted by molar-refractivity contribution is 5.89. The van der Waals surface area contributed by atoms with Gasteiger partial charge in [0.25, 0.3) is 0 Å². The summed E-state index contributed by atoms with van der Waals surface area (Å²) in [7, 11) is 0. The number of hydrogen-bond acceptors (Lipinski definition) is 3. The summed E-state index contributed by atoms with van der Waals surface area (Å²) < 4.78 is 11.2. The first-order valence-corrected chi connectivity index (χ1v) is 6.41. The quantitative estimate of drug-likeness (QED) is 0.616. The smallest absolute Gasteiger partial charge is 0.338 e. The molecule has 100 valence electrons. The maximum absolute atomic E-state index is 12.0. The van der Waals surface area contributed by atoms with E-state index < -0.39 is 18.4 Å². The third kappa shape index (κ3) is 2.36. The topological polar surface area (TPSA) is 35.5 Å². The summed E-state index contributed by atoms with van der Waals surface area (Å²) in [6.07, 6.45) is -1.16. The lowest BCUT2D eigenvalue weighted by molar-refractivity contribution is -0.204. The molecule has 0 saturated carbocycles. The molecule has 0 spiro atoms. The van der Waals surface area contributed by atoms with Crippen molar-refractivity contribution in [3.63, 3.8) is 0 Å². The zero-order valence-electron chi connectivity index (χ0n) is 10.9. The maximum atomic E-state index is 12.0. The lowest BCUT2D eigenvalue weighted by atomic mass is 10.0. The van der Waals surface area contributed by atoms with Crippen LogP contribution in [0.1, 0.15) is 23.5 Å². The van der Waals surface area contributed by atoms with Crippen LogP contribution in [0.3, 0.4) is 0 Å². The van der Waals surface area contributed by atoms with Gasteiger partial charge >= 0.3 is 5.97 Å². The second kappa shape index (κ2) is 5.31. The van der Waals surface area contributed by atoms with Crippen LogP contribution in [0.4, 0.5) is 0 Å². The molecule has 2 atom stereocenters. The average molecular weight is 266 g/mol. The van der Waals surface area contributed by atoms with Crippen molar-refractivity contribution in [3.8, 4) is 0 Å². The fraction of sp³-hybridized carbons (Fsp3) is 0.118. The Bertz CT molecular complexity index is 619. The molecule has 1 aliphatic heterocycles. The zero-order valence-corrected chi connectivity index (χ0v) is 10.9. The van der Waals surface area contributed by atoms with E-state index in [1.807, 2.05) is 60.7 Å². The second-order valence-electron chi connectivity index (χ2n) is 4.60. The fourth-order valence-electron chi connectivity index (χ4n) is 2.18. The molecule has 3 rings (SSSR count). The summed E-state index contributed by atoms with van der Waals surface area (Å²) >= 11 is 0. The Balaban J connectivity index is 1.91. The molecule has 2 aromatic carbocycles. The molecule has 3 heteroatoms. The number of esters is 1. The lowest BCUT2D eigenvalue weighted by Gasteiger charge is -2.31. The number of ether oxygens (including phenoxy) is 2. The van der Waals surface area contributed by atoms with Crippen LogP contribution in [0.25, 0.3) is 0 Å². The van der Waals surface area contributed by atoms with Gasteiger partial charge in [-0.3, -0.25) is 0 Å². The van der Waals surface area contributed by atoms with E-state index >= 15 is 0 Å². The van der Waals surface area contributed by atoms with Gasteiger partial charge in [0.05, 0.1) is 5.57 Å². The van der Waals surface area contributed by atoms with Crippen molar-refractivity contribution in [2.75, 3.05) is 0 Å². The van der Waals surface area contributed by atoms with Gasteiger partial charge in [-0.2, -0.15) is 0 Å². The number of benzene rings is 2. The molecule has 0 aliphatic carbocycles. The van der Waals surface area contributed by atoms with E-state index in [2.05, 4.69) is 6.58 Å². The third-order valence-corrected chi connectivity index (χ3v) is 3.23. The minimum atomic E-state index is -0.695. The number of rotatable bonds is 2. The van der Waals surface area contributed by atoms with Crippen molar-refractivity contribution < 1.29 is 14.3 Å². The maximum Gasteiger partial charge on any atom is 0.338 e. The van der Waals surface area contributed by atoms with Gasteiger partial charge in [-0.25, -0.2) is 4.79 Å². The van der Waals surface area contributed by atoms with Gasteiger partial charge in [-0.1, -0.05) is 67.2 Å². The molecule has 0 radical (unpaired) electrons. The van der Waals surface area contributed by atoms with E-state index in [0.29, 0.717) is 5.57 Å². The van der Waals surface area contributed by atoms with Crippen LogP contribution in [0.2, 0.25) is 0 Å². The number of carbonyl (C=O) groups is 1. The lowest BCUT2D eigenvalue weighted by Crippen LogP contribution is -2.27. The molecule has 3 nitrogen and oxygen atoms in total. The SMILES string of the molecule is C=C1C(=O)O[C@@H](c2ccccc2)O[C@H]1c1ccccc1. The van der Waals surface area contributed by atoms with E-state index in [-0.39, 0.29) is 0 Å². The first kappa shape index (κ1) is 12.6. The minimum absolute atomic E-state index is 0.323. The van der Waals surface area contributed by atoms with E-state index in [1.165, 1.54) is 0 Å². The van der Waals surface area contributed by atoms with E-state index in [4.69, 9.17) is 9.47 Å². The molecule has 20 heavy (non-hydrogen) atoms. The Labute approximate surface area is 117 Å². The standard InChI is InChI=1S/C17H14O3/c1-12-15(13-8-4-2-5-9-13)19-17(20-16(12)18)14-10-6-3-7-11-14/h2-11,15,17H,1H2/t15-,17+/m1/s1. The zero-order chi connectivity index (χ0) is 13.9. The summed E-state index contributed by atoms with van der Waals surface area (Å²) in [5, 5.41) is 0. The molecule has 0 N–H and O–H groups in total. The molecule has 0 amide bonds. The van der Waals surface area contributed by atoms with E-state index in [1.54, 1.807) is 0 Å². The van der Waals surface area contributed by atoms with Crippen LogP contribution in [-0.4, -0.2) is 5.97 Å². The van der Waals surface area contributed by atoms with Crippen molar-refractivity contribution in [1.82, 2.24) is 0 Å². The van der Waals surface area contributed by atoms with Gasteiger partial charge in [0, 0.05) is 5.56 Å². The highest BCUT2D eigenvalue weighted by Crippen LogP contribution is 2.37. The predicted molar refractivity (Wildman–Crippen MR) is 74.7 cm³/mol. The Morgan fingerprint density at radius 3 is 2.00 bits per heavy atom. The van der Waals surface area contributed by atoms with Crippen LogP contribution in [0.15, 0.2) is 72.8 Å². The van der Waals surface area contributed by atoms with Crippen LogP contribution in [0, 0.1) is 0 Å². The summed E-state index contributed by atoms with van der Waals surface area (Å²) in [5.74, 6) is -0.418. The highest BCUT2D eigenvalue weighted by Gasteiger charge is 2.34. The molecule has 2 aromatic rings.